The van der Waals surface area contributed by atoms with E-state index in [0.717, 1.165) is 12.2 Å². The van der Waals surface area contributed by atoms with Crippen LogP contribution in [0.2, 0.25) is 5.02 Å². The molecule has 0 aliphatic carbocycles. The number of rotatable bonds is 0. The molecule has 48 valence electrons. The Kier molecular flexibility index (Phi) is 3.04. The summed E-state index contributed by atoms with van der Waals surface area (Å²) >= 11 is 10.3. The van der Waals surface area contributed by atoms with Gasteiger partial charge in [0.05, 0.1) is 5.02 Å². The fourth-order valence-corrected chi connectivity index (χ4v) is 2.12. The zero-order valence-corrected chi connectivity index (χ0v) is 9.44. The molecule has 0 aliphatic heterocycles. The Labute approximate surface area is 86.3 Å². The van der Waals surface area contributed by atoms with E-state index in [1.165, 1.54) is 0 Å². The predicted molar refractivity (Wildman–Crippen MR) is 56.9 cm³/mol. The molecule has 0 N–H and O–H groups in total. The number of halogens is 3. The first-order chi connectivity index (χ1) is 4.22. The molecular weight excluding hydrogens is 361 g/mol. The van der Waals surface area contributed by atoms with Crippen molar-refractivity contribution in [2.45, 2.75) is 0 Å². The predicted octanol–water partition coefficient (Wildman–Crippen LogP) is 3.55. The molecule has 1 aromatic rings. The minimum atomic E-state index is 0.860. The molecule has 0 heterocycles. The first-order valence-electron chi connectivity index (χ1n) is 2.31. The standard InChI is InChI=1S/C6H3ClI2/c7-6-4(8)2-1-3-5(6)9/h1-3H. The maximum Gasteiger partial charge on any atom is 0.0672 e. The smallest absolute Gasteiger partial charge is 0.0672 e. The van der Waals surface area contributed by atoms with Crippen LogP contribution in [0.3, 0.4) is 0 Å². The Hall–Kier alpha value is 0.970. The summed E-state index contributed by atoms with van der Waals surface area (Å²) < 4.78 is 2.22. The highest BCUT2D eigenvalue weighted by Gasteiger charge is 1.97. The summed E-state index contributed by atoms with van der Waals surface area (Å²) in [6.07, 6.45) is 0. The van der Waals surface area contributed by atoms with Crippen LogP contribution in [0, 0.1) is 7.14 Å². The van der Waals surface area contributed by atoms with Gasteiger partial charge in [-0.25, -0.2) is 0 Å². The highest BCUT2D eigenvalue weighted by Crippen LogP contribution is 2.23. The lowest BCUT2D eigenvalue weighted by Gasteiger charge is -1.95. The summed E-state index contributed by atoms with van der Waals surface area (Å²) in [5, 5.41) is 0.860. The molecule has 0 fully saturated rings. The summed E-state index contributed by atoms with van der Waals surface area (Å²) in [6, 6.07) is 5.98. The van der Waals surface area contributed by atoms with E-state index in [0.29, 0.717) is 0 Å². The van der Waals surface area contributed by atoms with Crippen LogP contribution in [0.1, 0.15) is 0 Å². The molecule has 9 heavy (non-hydrogen) atoms. The van der Waals surface area contributed by atoms with Gasteiger partial charge in [0.1, 0.15) is 0 Å². The lowest BCUT2D eigenvalue weighted by Crippen LogP contribution is -1.76. The lowest BCUT2D eigenvalue weighted by atomic mass is 10.4. The highest BCUT2D eigenvalue weighted by atomic mass is 127. The molecule has 0 bridgehead atoms. The van der Waals surface area contributed by atoms with E-state index in [1.54, 1.807) is 0 Å². The van der Waals surface area contributed by atoms with Gasteiger partial charge in [-0.05, 0) is 57.3 Å². The maximum atomic E-state index is 5.86. The quantitative estimate of drug-likeness (QED) is 0.488. The molecule has 0 radical (unpaired) electrons. The van der Waals surface area contributed by atoms with Crippen LogP contribution in [0.15, 0.2) is 18.2 Å². The Bertz CT molecular complexity index is 202. The van der Waals surface area contributed by atoms with Crippen LogP contribution in [0.4, 0.5) is 0 Å². The Morgan fingerprint density at radius 3 is 1.89 bits per heavy atom. The SMILES string of the molecule is Clc1c(I)cccc1I. The Morgan fingerprint density at radius 2 is 1.56 bits per heavy atom. The molecular formula is C6H3ClI2. The second-order valence-corrected chi connectivity index (χ2v) is 4.24. The third kappa shape index (κ3) is 1.94. The average molecular weight is 364 g/mol. The van der Waals surface area contributed by atoms with Crippen molar-refractivity contribution in [1.29, 1.82) is 0 Å². The molecule has 1 rings (SSSR count). The number of hydrogen-bond donors (Lipinski definition) is 0. The van der Waals surface area contributed by atoms with Crippen molar-refractivity contribution in [2.24, 2.45) is 0 Å². The highest BCUT2D eigenvalue weighted by molar-refractivity contribution is 14.1. The molecule has 0 saturated carbocycles. The minimum absolute atomic E-state index is 0.860. The van der Waals surface area contributed by atoms with Crippen LogP contribution >= 0.6 is 56.8 Å². The summed E-state index contributed by atoms with van der Waals surface area (Å²) in [7, 11) is 0. The van der Waals surface area contributed by atoms with E-state index in [2.05, 4.69) is 45.2 Å². The first-order valence-corrected chi connectivity index (χ1v) is 4.85. The molecule has 0 atom stereocenters. The zero-order valence-electron chi connectivity index (χ0n) is 4.37. The largest absolute Gasteiger partial charge is 0.0820 e. The second-order valence-electron chi connectivity index (χ2n) is 1.54. The average Bonchev–Trinajstić information content (AvgIpc) is 1.83. The second kappa shape index (κ2) is 3.39. The summed E-state index contributed by atoms with van der Waals surface area (Å²) in [5.74, 6) is 0. The third-order valence-corrected chi connectivity index (χ3v) is 3.75. The number of hydrogen-bond acceptors (Lipinski definition) is 0. The molecule has 0 unspecified atom stereocenters. The van der Waals surface area contributed by atoms with Gasteiger partial charge in [0.2, 0.25) is 0 Å². The van der Waals surface area contributed by atoms with E-state index in [-0.39, 0.29) is 0 Å². The molecule has 0 saturated heterocycles. The topological polar surface area (TPSA) is 0 Å². The van der Waals surface area contributed by atoms with Gasteiger partial charge in [-0.1, -0.05) is 17.7 Å². The van der Waals surface area contributed by atoms with E-state index in [1.807, 2.05) is 18.2 Å². The molecule has 3 heteroatoms. The lowest BCUT2D eigenvalue weighted by molar-refractivity contribution is 1.59. The van der Waals surface area contributed by atoms with Crippen molar-refractivity contribution in [3.8, 4) is 0 Å². The summed E-state index contributed by atoms with van der Waals surface area (Å²) in [4.78, 5) is 0. The summed E-state index contributed by atoms with van der Waals surface area (Å²) in [6.45, 7) is 0. The van der Waals surface area contributed by atoms with Crippen LogP contribution in [0.5, 0.6) is 0 Å². The maximum absolute atomic E-state index is 5.86. The van der Waals surface area contributed by atoms with Gasteiger partial charge in [0, 0.05) is 7.14 Å². The molecule has 0 spiro atoms. The van der Waals surface area contributed by atoms with Gasteiger partial charge in [-0.15, -0.1) is 0 Å². The van der Waals surface area contributed by atoms with E-state index in [4.69, 9.17) is 11.6 Å². The van der Waals surface area contributed by atoms with Crippen molar-refractivity contribution in [2.75, 3.05) is 0 Å². The first kappa shape index (κ1) is 8.07. The molecule has 0 nitrogen and oxygen atoms in total. The molecule has 0 aliphatic rings. The van der Waals surface area contributed by atoms with Crippen LogP contribution < -0.4 is 0 Å². The van der Waals surface area contributed by atoms with E-state index in [9.17, 15) is 0 Å². The van der Waals surface area contributed by atoms with Gasteiger partial charge in [0.25, 0.3) is 0 Å². The van der Waals surface area contributed by atoms with Gasteiger partial charge in [-0.3, -0.25) is 0 Å². The molecule has 0 amide bonds. The Morgan fingerprint density at radius 1 is 1.11 bits per heavy atom. The molecule has 1 aromatic carbocycles. The van der Waals surface area contributed by atoms with Crippen LogP contribution in [-0.2, 0) is 0 Å². The van der Waals surface area contributed by atoms with Gasteiger partial charge < -0.3 is 0 Å². The van der Waals surface area contributed by atoms with E-state index < -0.39 is 0 Å². The van der Waals surface area contributed by atoms with Crippen LogP contribution in [-0.4, -0.2) is 0 Å². The van der Waals surface area contributed by atoms with Gasteiger partial charge in [0.15, 0.2) is 0 Å². The minimum Gasteiger partial charge on any atom is -0.0820 e. The fourth-order valence-electron chi connectivity index (χ4n) is 0.477. The van der Waals surface area contributed by atoms with Crippen molar-refractivity contribution < 1.29 is 0 Å². The third-order valence-electron chi connectivity index (χ3n) is 0.904. The monoisotopic (exact) mass is 364 g/mol. The van der Waals surface area contributed by atoms with Gasteiger partial charge in [-0.2, -0.15) is 0 Å². The normalized spacial score (nSPS) is 9.67. The molecule has 0 aromatic heterocycles. The zero-order chi connectivity index (χ0) is 6.85. The van der Waals surface area contributed by atoms with Crippen molar-refractivity contribution in [3.63, 3.8) is 0 Å². The van der Waals surface area contributed by atoms with Crippen molar-refractivity contribution in [3.05, 3.63) is 30.4 Å². The van der Waals surface area contributed by atoms with Crippen molar-refractivity contribution >= 4 is 56.8 Å². The summed E-state index contributed by atoms with van der Waals surface area (Å²) in [5.41, 5.74) is 0. The Balaban J connectivity index is 3.25. The van der Waals surface area contributed by atoms with E-state index >= 15 is 0 Å². The van der Waals surface area contributed by atoms with Gasteiger partial charge >= 0.3 is 0 Å². The van der Waals surface area contributed by atoms with Crippen molar-refractivity contribution in [1.82, 2.24) is 0 Å². The fraction of sp³-hybridized carbons (Fsp3) is 0. The number of benzene rings is 1. The van der Waals surface area contributed by atoms with Crippen LogP contribution in [0.25, 0.3) is 0 Å².